The number of anilines is 3. The summed E-state index contributed by atoms with van der Waals surface area (Å²) in [5, 5.41) is 1.58. The summed E-state index contributed by atoms with van der Waals surface area (Å²) in [6.07, 6.45) is 0. The topological polar surface area (TPSA) is 172 Å². The highest BCUT2D eigenvalue weighted by molar-refractivity contribution is 9.13. The molecule has 1 fully saturated rings. The van der Waals surface area contributed by atoms with E-state index in [4.69, 9.17) is 84.0 Å². The van der Waals surface area contributed by atoms with Crippen molar-refractivity contribution in [3.63, 3.8) is 0 Å². The maximum atomic E-state index is 13.7. The van der Waals surface area contributed by atoms with Gasteiger partial charge in [-0.1, -0.05) is 80.4 Å². The van der Waals surface area contributed by atoms with Crippen molar-refractivity contribution in [2.24, 2.45) is 0 Å². The SMILES string of the molecule is Brc1cc2c(cc1Br)OCCO2.CC1(C)OB(c2ccc(N)cc2)OC1(C)C.ClCCl.Nc1ccc(-c2cc3c(cc2Br)OCCO3)cc1.O=C(Cl)c1c(F)cccc1F.O=C(Nc1ccc(-c2cc3c(cc2Br)OCCO3)cc1)c1c(F)cccc1F. The first-order valence-electron chi connectivity index (χ1n) is 26.5. The Balaban J connectivity index is 0.000000162. The fourth-order valence-corrected chi connectivity index (χ4v) is 10.2. The second kappa shape index (κ2) is 32.0. The number of nitrogens with one attached hydrogen (secondary N) is 1. The van der Waals surface area contributed by atoms with Gasteiger partial charge < -0.3 is 54.5 Å². The maximum absolute atomic E-state index is 13.7. The van der Waals surface area contributed by atoms with Gasteiger partial charge in [-0.3, -0.25) is 9.59 Å². The molecule has 4 heterocycles. The Kier molecular flexibility index (Phi) is 25.2. The molecule has 0 bridgehead atoms. The van der Waals surface area contributed by atoms with Crippen molar-refractivity contribution >= 4 is 139 Å². The van der Waals surface area contributed by atoms with Crippen molar-refractivity contribution in [1.29, 1.82) is 0 Å². The van der Waals surface area contributed by atoms with Crippen LogP contribution in [-0.2, 0) is 9.31 Å². The predicted octanol–water partition coefficient (Wildman–Crippen LogP) is 17.2. The smallest absolute Gasteiger partial charge is 0.486 e. The molecular weight excluding hydrogens is 1470 g/mol. The zero-order valence-corrected chi connectivity index (χ0v) is 55.9. The van der Waals surface area contributed by atoms with E-state index in [0.29, 0.717) is 56.8 Å². The van der Waals surface area contributed by atoms with Crippen LogP contribution in [0, 0.1) is 23.3 Å². The summed E-state index contributed by atoms with van der Waals surface area (Å²) in [7, 11) is -0.300. The normalized spacial score (nSPS) is 14.2. The first-order chi connectivity index (χ1) is 41.9. The van der Waals surface area contributed by atoms with Crippen LogP contribution in [0.4, 0.5) is 34.6 Å². The largest absolute Gasteiger partial charge is 0.494 e. The van der Waals surface area contributed by atoms with Gasteiger partial charge in [-0.2, -0.15) is 0 Å². The van der Waals surface area contributed by atoms with Crippen molar-refractivity contribution in [3.8, 4) is 56.8 Å². The number of nitrogen functional groups attached to an aromatic ring is 2. The van der Waals surface area contributed by atoms with Gasteiger partial charge in [0.2, 0.25) is 0 Å². The monoisotopic (exact) mass is 1520 g/mol. The molecule has 1 amide bonds. The Hall–Kier alpha value is -6.21. The molecule has 8 aromatic carbocycles. The van der Waals surface area contributed by atoms with E-state index in [9.17, 15) is 27.2 Å². The maximum Gasteiger partial charge on any atom is 0.494 e. The third kappa shape index (κ3) is 18.5. The molecule has 1 saturated heterocycles. The highest BCUT2D eigenvalue weighted by Crippen LogP contribution is 2.43. The number of alkyl halides is 2. The Morgan fingerprint density at radius 3 is 1.14 bits per heavy atom. The first kappa shape index (κ1) is 69.3. The molecule has 4 aliphatic rings. The number of carbonyl (C=O) groups excluding carboxylic acids is 2. The summed E-state index contributed by atoms with van der Waals surface area (Å²) < 4.78 is 101. The van der Waals surface area contributed by atoms with Crippen molar-refractivity contribution in [3.05, 3.63) is 198 Å². The number of carbonyl (C=O) groups is 2. The van der Waals surface area contributed by atoms with Crippen LogP contribution in [0.3, 0.4) is 0 Å². The molecule has 0 saturated carbocycles. The Morgan fingerprint density at radius 1 is 0.489 bits per heavy atom. The highest BCUT2D eigenvalue weighted by atomic mass is 79.9. The van der Waals surface area contributed by atoms with Crippen molar-refractivity contribution in [1.82, 2.24) is 0 Å². The number of halogens is 11. The molecule has 4 aliphatic heterocycles. The zero-order valence-electron chi connectivity index (χ0n) is 47.3. The summed E-state index contributed by atoms with van der Waals surface area (Å²) in [6.45, 7) is 11.6. The minimum atomic E-state index is -1.12. The lowest BCUT2D eigenvalue weighted by Crippen LogP contribution is -2.41. The van der Waals surface area contributed by atoms with E-state index in [1.54, 1.807) is 24.3 Å². The molecule has 5 N–H and O–H groups in total. The van der Waals surface area contributed by atoms with Gasteiger partial charge in [-0.25, -0.2) is 17.6 Å². The number of hydrogen-bond acceptors (Lipinski definition) is 12. The number of benzene rings is 8. The molecule has 8 aromatic rings. The van der Waals surface area contributed by atoms with Gasteiger partial charge in [-0.05, 0) is 196 Å². The third-order valence-electron chi connectivity index (χ3n) is 13.3. The summed E-state index contributed by atoms with van der Waals surface area (Å²) in [6, 6.07) is 40.1. The van der Waals surface area contributed by atoms with E-state index in [1.165, 1.54) is 6.07 Å². The van der Waals surface area contributed by atoms with E-state index in [-0.39, 0.29) is 23.7 Å². The van der Waals surface area contributed by atoms with Crippen LogP contribution >= 0.6 is 98.5 Å². The van der Waals surface area contributed by atoms with Crippen molar-refractivity contribution in [2.75, 3.05) is 61.8 Å². The Labute approximate surface area is 555 Å². The molecule has 0 aromatic heterocycles. The highest BCUT2D eigenvalue weighted by Gasteiger charge is 2.51. The quantitative estimate of drug-likeness (QED) is 0.0474. The average Bonchev–Trinajstić information content (AvgIpc) is 3.90. The minimum absolute atomic E-state index is 0.194. The molecular formula is C63H55BBr4Cl3F4N3O10. The summed E-state index contributed by atoms with van der Waals surface area (Å²) in [4.78, 5) is 22.6. The van der Waals surface area contributed by atoms with Gasteiger partial charge in [0, 0.05) is 35.0 Å². The summed E-state index contributed by atoms with van der Waals surface area (Å²) in [5.41, 5.74) is 16.3. The average molecular weight is 1530 g/mol. The number of amides is 1. The van der Waals surface area contributed by atoms with Gasteiger partial charge >= 0.3 is 7.12 Å². The number of rotatable bonds is 6. The second-order valence-electron chi connectivity index (χ2n) is 19.8. The Bertz CT molecular complexity index is 3650. The number of fused-ring (bicyclic) bond motifs is 3. The molecule has 462 valence electrons. The van der Waals surface area contributed by atoms with Crippen molar-refractivity contribution in [2.45, 2.75) is 38.9 Å². The molecule has 13 nitrogen and oxygen atoms in total. The van der Waals surface area contributed by atoms with Crippen LogP contribution in [0.25, 0.3) is 22.3 Å². The van der Waals surface area contributed by atoms with Crippen molar-refractivity contribution < 1.29 is 64.9 Å². The van der Waals surface area contributed by atoms with Gasteiger partial charge in [0.1, 0.15) is 74.0 Å². The van der Waals surface area contributed by atoms with Gasteiger partial charge in [-0.15, -0.1) is 23.2 Å². The lowest BCUT2D eigenvalue weighted by molar-refractivity contribution is 0.00578. The standard InChI is InChI=1S/C21H14BrF2NO3.C14H12BrNO2.C12H18BNO2.C8H6Br2O2.C7H3ClF2O.CH2Cl2/c22-15-11-19-18(27-8-9-28-19)10-14(15)12-4-6-13(7-5-12)25-21(26)20-16(23)2-1-3-17(20)24;15-12-8-14-13(17-5-6-18-14)7-11(12)9-1-3-10(16)4-2-9;1-11(2)12(3,4)16-13(15-11)9-5-7-10(14)8-6-9;9-5-3-7-8(4-6(5)10)12-2-1-11-7;8-7(11)6-4(9)2-1-3-5(6)10;2-1-3/h1-7,10-11H,8-9H2,(H,25,26);1-4,7-8H,5-6,16H2;5-8H,14H2,1-4H3;3-4H,1-2H2;1-3H;1H2. The summed E-state index contributed by atoms with van der Waals surface area (Å²) >= 11 is 28.3. The van der Waals surface area contributed by atoms with E-state index >= 15 is 0 Å². The predicted molar refractivity (Wildman–Crippen MR) is 352 cm³/mol. The molecule has 0 spiro atoms. The lowest BCUT2D eigenvalue weighted by atomic mass is 9.79. The minimum Gasteiger partial charge on any atom is -0.486 e. The fraction of sp³-hybridized carbons (Fsp3) is 0.206. The van der Waals surface area contributed by atoms with Crippen LogP contribution in [0.15, 0.2) is 163 Å². The van der Waals surface area contributed by atoms with E-state index in [2.05, 4.69) is 69.0 Å². The molecule has 0 atom stereocenters. The van der Waals surface area contributed by atoms with Crippen LogP contribution in [0.5, 0.6) is 34.5 Å². The van der Waals surface area contributed by atoms with Gasteiger partial charge in [0.25, 0.3) is 11.1 Å². The van der Waals surface area contributed by atoms with Gasteiger partial charge in [0.05, 0.1) is 16.5 Å². The van der Waals surface area contributed by atoms with Gasteiger partial charge in [0.15, 0.2) is 34.5 Å². The zero-order chi connectivity index (χ0) is 63.9. The molecule has 0 radical (unpaired) electrons. The van der Waals surface area contributed by atoms with E-state index in [0.717, 1.165) is 110 Å². The van der Waals surface area contributed by atoms with Crippen LogP contribution in [0.2, 0.25) is 0 Å². The fourth-order valence-electron chi connectivity index (χ4n) is 8.23. The number of hydrogen-bond donors (Lipinski definition) is 3. The van der Waals surface area contributed by atoms with Crippen LogP contribution < -0.4 is 50.7 Å². The summed E-state index contributed by atoms with van der Waals surface area (Å²) in [5.74, 6) is -0.0201. The molecule has 0 aliphatic carbocycles. The molecule has 25 heteroatoms. The van der Waals surface area contributed by atoms with Crippen LogP contribution in [0.1, 0.15) is 48.4 Å². The Morgan fingerprint density at radius 2 is 0.795 bits per heavy atom. The lowest BCUT2D eigenvalue weighted by Gasteiger charge is -2.32. The number of nitrogens with two attached hydrogens (primary N) is 2. The molecule has 0 unspecified atom stereocenters. The van der Waals surface area contributed by atoms with Crippen LogP contribution in [-0.4, -0.2) is 74.5 Å². The first-order valence-corrected chi connectivity index (χ1v) is 31.1. The van der Waals surface area contributed by atoms with E-state index in [1.807, 2.05) is 113 Å². The molecule has 12 rings (SSSR count). The number of ether oxygens (including phenoxy) is 6. The third-order valence-corrected chi connectivity index (χ3v) is 16.7. The second-order valence-corrected chi connectivity index (χ2v) is 24.4. The van der Waals surface area contributed by atoms with E-state index < -0.39 is 45.5 Å². The molecule has 88 heavy (non-hydrogen) atoms.